The zero-order valence-corrected chi connectivity index (χ0v) is 14.1. The van der Waals surface area contributed by atoms with E-state index in [1.807, 2.05) is 20.8 Å². The molecule has 22 heavy (non-hydrogen) atoms. The van der Waals surface area contributed by atoms with E-state index in [2.05, 4.69) is 4.72 Å². The van der Waals surface area contributed by atoms with Gasteiger partial charge in [0, 0.05) is 12.1 Å². The Balaban J connectivity index is 2.35. The Hall–Kier alpha value is -1.31. The second kappa shape index (κ2) is 6.44. The molecular formula is C15H24N2O4S. The third-order valence-corrected chi connectivity index (χ3v) is 5.17. The van der Waals surface area contributed by atoms with Crippen LogP contribution in [0.2, 0.25) is 0 Å². The van der Waals surface area contributed by atoms with Crippen LogP contribution in [0.25, 0.3) is 0 Å². The predicted molar refractivity (Wildman–Crippen MR) is 84.7 cm³/mol. The van der Waals surface area contributed by atoms with Gasteiger partial charge in [0.25, 0.3) is 0 Å². The summed E-state index contributed by atoms with van der Waals surface area (Å²) >= 11 is 0. The van der Waals surface area contributed by atoms with Crippen molar-refractivity contribution in [3.05, 3.63) is 18.2 Å². The molecule has 6 nitrogen and oxygen atoms in total. The molecule has 124 valence electrons. The largest absolute Gasteiger partial charge is 0.486 e. The minimum absolute atomic E-state index is 0.0909. The molecule has 0 saturated carbocycles. The molecule has 0 spiro atoms. The number of para-hydroxylation sites is 1. The maximum Gasteiger partial charge on any atom is 0.244 e. The van der Waals surface area contributed by atoms with Crippen LogP contribution in [0.15, 0.2) is 23.1 Å². The van der Waals surface area contributed by atoms with Crippen LogP contribution < -0.4 is 19.9 Å². The summed E-state index contributed by atoms with van der Waals surface area (Å²) in [6.45, 7) is 6.85. The SMILES string of the molecule is CC(C)CC(C)(CN)NS(=O)(=O)c1cccc2c1OCCO2. The highest BCUT2D eigenvalue weighted by atomic mass is 32.2. The van der Waals surface area contributed by atoms with Gasteiger partial charge in [0.15, 0.2) is 11.5 Å². The lowest BCUT2D eigenvalue weighted by molar-refractivity contribution is 0.167. The molecule has 1 heterocycles. The molecule has 0 fully saturated rings. The van der Waals surface area contributed by atoms with Gasteiger partial charge >= 0.3 is 0 Å². The van der Waals surface area contributed by atoms with Gasteiger partial charge in [-0.25, -0.2) is 13.1 Å². The number of fused-ring (bicyclic) bond motifs is 1. The number of rotatable bonds is 6. The maximum absolute atomic E-state index is 12.8. The lowest BCUT2D eigenvalue weighted by atomic mass is 9.92. The molecule has 0 radical (unpaired) electrons. The summed E-state index contributed by atoms with van der Waals surface area (Å²) in [4.78, 5) is 0.0909. The van der Waals surface area contributed by atoms with E-state index < -0.39 is 15.6 Å². The second-order valence-electron chi connectivity index (χ2n) is 6.25. The van der Waals surface area contributed by atoms with Gasteiger partial charge in [0.05, 0.1) is 0 Å². The van der Waals surface area contributed by atoms with Crippen LogP contribution in [0.4, 0.5) is 0 Å². The summed E-state index contributed by atoms with van der Waals surface area (Å²) in [5, 5.41) is 0. The number of hydrogen-bond acceptors (Lipinski definition) is 5. The summed E-state index contributed by atoms with van der Waals surface area (Å²) in [5.41, 5.74) is 5.09. The van der Waals surface area contributed by atoms with Gasteiger partial charge in [-0.3, -0.25) is 0 Å². The van der Waals surface area contributed by atoms with Crippen molar-refractivity contribution in [1.29, 1.82) is 0 Å². The Morgan fingerprint density at radius 3 is 2.64 bits per heavy atom. The number of benzene rings is 1. The van der Waals surface area contributed by atoms with Gasteiger partial charge in [0.2, 0.25) is 10.0 Å². The Labute approximate surface area is 132 Å². The molecule has 1 atom stereocenters. The highest BCUT2D eigenvalue weighted by Crippen LogP contribution is 2.36. The third-order valence-electron chi connectivity index (χ3n) is 3.51. The Bertz CT molecular complexity index is 630. The van der Waals surface area contributed by atoms with Crippen LogP contribution >= 0.6 is 0 Å². The summed E-state index contributed by atoms with van der Waals surface area (Å²) in [6.07, 6.45) is 0.648. The molecule has 1 unspecified atom stereocenters. The van der Waals surface area contributed by atoms with E-state index in [0.717, 1.165) is 0 Å². The normalized spacial score (nSPS) is 17.3. The molecule has 0 aliphatic carbocycles. The van der Waals surface area contributed by atoms with Crippen LogP contribution in [0.5, 0.6) is 11.5 Å². The molecule has 0 amide bonds. The standard InChI is InChI=1S/C15H24N2O4S/c1-11(2)9-15(3,10-16)17-22(18,19)13-6-4-5-12-14(13)21-8-7-20-12/h4-6,11,17H,7-10,16H2,1-3H3. The fourth-order valence-electron chi connectivity index (χ4n) is 2.71. The molecule has 1 aliphatic heterocycles. The van der Waals surface area contributed by atoms with Gasteiger partial charge in [-0.15, -0.1) is 0 Å². The minimum Gasteiger partial charge on any atom is -0.486 e. The molecule has 0 aromatic heterocycles. The molecule has 0 saturated heterocycles. The molecule has 1 aromatic carbocycles. The van der Waals surface area contributed by atoms with Crippen LogP contribution in [-0.2, 0) is 10.0 Å². The predicted octanol–water partition coefficient (Wildman–Crippen LogP) is 1.50. The Kier molecular flexibility index (Phi) is 4.99. The topological polar surface area (TPSA) is 90.7 Å². The number of nitrogens with two attached hydrogens (primary N) is 1. The van der Waals surface area contributed by atoms with Crippen LogP contribution in [0, 0.1) is 5.92 Å². The fraction of sp³-hybridized carbons (Fsp3) is 0.600. The highest BCUT2D eigenvalue weighted by molar-refractivity contribution is 7.89. The fourth-order valence-corrected chi connectivity index (χ4v) is 4.29. The molecule has 1 aromatic rings. The first-order valence-corrected chi connectivity index (χ1v) is 8.88. The molecular weight excluding hydrogens is 304 g/mol. The van der Waals surface area contributed by atoms with Crippen LogP contribution in [-0.4, -0.2) is 33.7 Å². The second-order valence-corrected chi connectivity index (χ2v) is 7.90. The number of hydrogen-bond donors (Lipinski definition) is 2. The van der Waals surface area contributed by atoms with Crippen molar-refractivity contribution in [2.24, 2.45) is 11.7 Å². The van der Waals surface area contributed by atoms with E-state index in [-0.39, 0.29) is 17.2 Å². The number of ether oxygens (including phenoxy) is 2. The third kappa shape index (κ3) is 3.71. The Morgan fingerprint density at radius 2 is 2.00 bits per heavy atom. The van der Waals surface area contributed by atoms with Gasteiger partial charge in [0.1, 0.15) is 18.1 Å². The monoisotopic (exact) mass is 328 g/mol. The molecule has 0 bridgehead atoms. The average Bonchev–Trinajstić information content (AvgIpc) is 2.45. The van der Waals surface area contributed by atoms with E-state index in [0.29, 0.717) is 31.3 Å². The first kappa shape index (κ1) is 17.1. The summed E-state index contributed by atoms with van der Waals surface area (Å²) < 4.78 is 39.2. The zero-order valence-electron chi connectivity index (χ0n) is 13.3. The minimum atomic E-state index is -3.75. The lowest BCUT2D eigenvalue weighted by Gasteiger charge is -2.31. The van der Waals surface area contributed by atoms with Crippen molar-refractivity contribution in [2.45, 2.75) is 37.6 Å². The van der Waals surface area contributed by atoms with Crippen LogP contribution in [0.3, 0.4) is 0 Å². The van der Waals surface area contributed by atoms with E-state index in [1.165, 1.54) is 6.07 Å². The van der Waals surface area contributed by atoms with E-state index >= 15 is 0 Å². The van der Waals surface area contributed by atoms with Crippen molar-refractivity contribution < 1.29 is 17.9 Å². The lowest BCUT2D eigenvalue weighted by Crippen LogP contribution is -2.52. The summed E-state index contributed by atoms with van der Waals surface area (Å²) in [6, 6.07) is 4.86. The average molecular weight is 328 g/mol. The molecule has 7 heteroatoms. The molecule has 3 N–H and O–H groups in total. The van der Waals surface area contributed by atoms with Gasteiger partial charge in [-0.2, -0.15) is 0 Å². The highest BCUT2D eigenvalue weighted by Gasteiger charge is 2.33. The quantitative estimate of drug-likeness (QED) is 0.826. The smallest absolute Gasteiger partial charge is 0.244 e. The van der Waals surface area contributed by atoms with Crippen molar-refractivity contribution in [3.63, 3.8) is 0 Å². The zero-order chi connectivity index (χ0) is 16.4. The van der Waals surface area contributed by atoms with E-state index in [1.54, 1.807) is 12.1 Å². The van der Waals surface area contributed by atoms with Gasteiger partial charge < -0.3 is 15.2 Å². The number of sulfonamides is 1. The van der Waals surface area contributed by atoms with Gasteiger partial charge in [-0.05, 0) is 31.4 Å². The maximum atomic E-state index is 12.8. The van der Waals surface area contributed by atoms with Crippen molar-refractivity contribution in [1.82, 2.24) is 4.72 Å². The Morgan fingerprint density at radius 1 is 1.32 bits per heavy atom. The first-order chi connectivity index (χ1) is 10.3. The summed E-state index contributed by atoms with van der Waals surface area (Å²) in [5.74, 6) is 1.04. The molecule has 2 rings (SSSR count). The number of nitrogens with one attached hydrogen (secondary N) is 1. The van der Waals surface area contributed by atoms with Crippen molar-refractivity contribution in [2.75, 3.05) is 19.8 Å². The van der Waals surface area contributed by atoms with Crippen molar-refractivity contribution >= 4 is 10.0 Å². The first-order valence-electron chi connectivity index (χ1n) is 7.40. The van der Waals surface area contributed by atoms with Crippen molar-refractivity contribution in [3.8, 4) is 11.5 Å². The van der Waals surface area contributed by atoms with E-state index in [4.69, 9.17) is 15.2 Å². The summed E-state index contributed by atoms with van der Waals surface area (Å²) in [7, 11) is -3.75. The van der Waals surface area contributed by atoms with Crippen LogP contribution in [0.1, 0.15) is 27.2 Å². The van der Waals surface area contributed by atoms with E-state index in [9.17, 15) is 8.42 Å². The van der Waals surface area contributed by atoms with Gasteiger partial charge in [-0.1, -0.05) is 19.9 Å². The molecule has 1 aliphatic rings.